The molecule has 0 unspecified atom stereocenters. The van der Waals surface area contributed by atoms with Gasteiger partial charge in [-0.1, -0.05) is 62.4 Å². The number of hydrogen-bond acceptors (Lipinski definition) is 5. The van der Waals surface area contributed by atoms with Crippen molar-refractivity contribution in [1.82, 2.24) is 15.1 Å². The van der Waals surface area contributed by atoms with Gasteiger partial charge in [-0.15, -0.1) is 10.2 Å². The molecule has 0 aliphatic carbocycles. The van der Waals surface area contributed by atoms with Crippen molar-refractivity contribution in [1.29, 1.82) is 0 Å². The molecule has 2 heterocycles. The third-order valence-corrected chi connectivity index (χ3v) is 5.52. The fraction of sp³-hybridized carbons (Fsp3) is 0.333. The number of benzene rings is 2. The number of nitrogens with zero attached hydrogens (tertiary/aromatic N) is 3. The summed E-state index contributed by atoms with van der Waals surface area (Å²) in [5.74, 6) is 1.42. The van der Waals surface area contributed by atoms with E-state index in [9.17, 15) is 9.59 Å². The third-order valence-electron chi connectivity index (χ3n) is 5.52. The van der Waals surface area contributed by atoms with Gasteiger partial charge in [-0.25, -0.2) is 0 Å². The van der Waals surface area contributed by atoms with Crippen LogP contribution in [0.1, 0.15) is 76.6 Å². The summed E-state index contributed by atoms with van der Waals surface area (Å²) in [7, 11) is 0. The van der Waals surface area contributed by atoms with E-state index in [1.165, 1.54) is 0 Å². The number of ketones is 1. The van der Waals surface area contributed by atoms with E-state index in [1.54, 1.807) is 36.4 Å². The molecule has 0 spiro atoms. The highest BCUT2D eigenvalue weighted by atomic mass is 16.4. The van der Waals surface area contributed by atoms with E-state index in [1.807, 2.05) is 36.9 Å². The molecule has 0 saturated carbocycles. The van der Waals surface area contributed by atoms with Crippen LogP contribution >= 0.6 is 0 Å². The number of hydrogen-bond donors (Lipinski definition) is 0. The number of carbonyl (C=O) groups is 2. The van der Waals surface area contributed by atoms with Gasteiger partial charge in [-0.2, -0.15) is 0 Å². The minimum atomic E-state index is -0.137. The van der Waals surface area contributed by atoms with E-state index in [-0.39, 0.29) is 23.5 Å². The molecule has 6 nitrogen and oxygen atoms in total. The Morgan fingerprint density at radius 1 is 0.933 bits per heavy atom. The predicted octanol–water partition coefficient (Wildman–Crippen LogP) is 4.44. The summed E-state index contributed by atoms with van der Waals surface area (Å²) in [5.41, 5.74) is 1.47. The molecule has 0 radical (unpaired) electrons. The minimum absolute atomic E-state index is 0.110. The zero-order valence-corrected chi connectivity index (χ0v) is 17.2. The smallest absolute Gasteiger partial charge is 0.254 e. The summed E-state index contributed by atoms with van der Waals surface area (Å²) in [4.78, 5) is 28.0. The van der Waals surface area contributed by atoms with Crippen molar-refractivity contribution in [3.63, 3.8) is 0 Å². The quantitative estimate of drug-likeness (QED) is 0.589. The first-order chi connectivity index (χ1) is 14.5. The second kappa shape index (κ2) is 8.61. The average Bonchev–Trinajstić information content (AvgIpc) is 3.30. The summed E-state index contributed by atoms with van der Waals surface area (Å²) in [6.45, 7) is 5.23. The van der Waals surface area contributed by atoms with Crippen molar-refractivity contribution in [2.45, 2.75) is 38.5 Å². The Kier molecular flexibility index (Phi) is 5.74. The lowest BCUT2D eigenvalue weighted by atomic mass is 9.94. The van der Waals surface area contributed by atoms with Crippen LogP contribution < -0.4 is 0 Å². The molecule has 6 heteroatoms. The lowest BCUT2D eigenvalue weighted by Gasteiger charge is -2.31. The lowest BCUT2D eigenvalue weighted by Crippen LogP contribution is -2.38. The van der Waals surface area contributed by atoms with Gasteiger partial charge in [-0.3, -0.25) is 9.59 Å². The molecule has 30 heavy (non-hydrogen) atoms. The van der Waals surface area contributed by atoms with E-state index in [2.05, 4.69) is 10.2 Å². The van der Waals surface area contributed by atoms with Gasteiger partial charge in [-0.05, 0) is 18.9 Å². The zero-order valence-electron chi connectivity index (χ0n) is 17.2. The standard InChI is InChI=1S/C24H25N3O3/c1-16(2)22-25-26-23(30-22)18-12-14-27(15-13-18)24(29)20-11-7-6-10-19(20)21(28)17-8-4-3-5-9-17/h3-11,16,18H,12-15H2,1-2H3. The van der Waals surface area contributed by atoms with Gasteiger partial charge < -0.3 is 9.32 Å². The highest BCUT2D eigenvalue weighted by molar-refractivity contribution is 6.15. The van der Waals surface area contributed by atoms with Gasteiger partial charge in [0, 0.05) is 36.1 Å². The van der Waals surface area contributed by atoms with Crippen molar-refractivity contribution in [2.75, 3.05) is 13.1 Å². The molecular formula is C24H25N3O3. The van der Waals surface area contributed by atoms with Gasteiger partial charge in [0.1, 0.15) is 0 Å². The fourth-order valence-corrected chi connectivity index (χ4v) is 3.76. The molecule has 0 N–H and O–H groups in total. The number of rotatable bonds is 5. The maximum absolute atomic E-state index is 13.2. The van der Waals surface area contributed by atoms with Crippen molar-refractivity contribution in [3.8, 4) is 0 Å². The minimum Gasteiger partial charge on any atom is -0.425 e. The van der Waals surface area contributed by atoms with Crippen molar-refractivity contribution >= 4 is 11.7 Å². The van der Waals surface area contributed by atoms with Crippen molar-refractivity contribution in [2.24, 2.45) is 0 Å². The highest BCUT2D eigenvalue weighted by Gasteiger charge is 2.29. The number of aromatic nitrogens is 2. The van der Waals surface area contributed by atoms with E-state index >= 15 is 0 Å². The Morgan fingerprint density at radius 3 is 2.20 bits per heavy atom. The first-order valence-corrected chi connectivity index (χ1v) is 10.4. The maximum atomic E-state index is 13.2. The van der Waals surface area contributed by atoms with Crippen molar-refractivity contribution in [3.05, 3.63) is 83.1 Å². The van der Waals surface area contributed by atoms with E-state index < -0.39 is 0 Å². The number of amides is 1. The normalized spacial score (nSPS) is 14.8. The molecule has 0 atom stereocenters. The molecule has 1 fully saturated rings. The molecule has 1 saturated heterocycles. The Hall–Kier alpha value is -3.28. The Balaban J connectivity index is 1.48. The molecule has 1 aromatic heterocycles. The highest BCUT2D eigenvalue weighted by Crippen LogP contribution is 2.29. The molecule has 3 aromatic rings. The van der Waals surface area contributed by atoms with Crippen molar-refractivity contribution < 1.29 is 14.0 Å². The van der Waals surface area contributed by atoms with E-state index in [4.69, 9.17) is 4.42 Å². The van der Waals surface area contributed by atoms with Crippen LogP contribution in [0.2, 0.25) is 0 Å². The monoisotopic (exact) mass is 403 g/mol. The van der Waals surface area contributed by atoms with E-state index in [0.29, 0.717) is 41.6 Å². The number of carbonyl (C=O) groups excluding carboxylic acids is 2. The van der Waals surface area contributed by atoms with Crippen LogP contribution in [0.25, 0.3) is 0 Å². The van der Waals surface area contributed by atoms with Crippen LogP contribution in [0.3, 0.4) is 0 Å². The summed E-state index contributed by atoms with van der Waals surface area (Å²) in [6.07, 6.45) is 1.53. The molecule has 4 rings (SSSR count). The van der Waals surface area contributed by atoms with Crippen LogP contribution in [0, 0.1) is 0 Å². The Morgan fingerprint density at radius 2 is 1.57 bits per heavy atom. The number of likely N-dealkylation sites (tertiary alicyclic amines) is 1. The van der Waals surface area contributed by atoms with Crippen LogP contribution in [-0.4, -0.2) is 39.9 Å². The van der Waals surface area contributed by atoms with Crippen LogP contribution in [-0.2, 0) is 0 Å². The van der Waals surface area contributed by atoms with Gasteiger partial charge in [0.15, 0.2) is 5.78 Å². The maximum Gasteiger partial charge on any atom is 0.254 e. The topological polar surface area (TPSA) is 76.3 Å². The molecule has 1 aliphatic rings. The van der Waals surface area contributed by atoms with E-state index in [0.717, 1.165) is 12.8 Å². The Bertz CT molecular complexity index is 1030. The first kappa shape index (κ1) is 20.0. The molecule has 2 aromatic carbocycles. The number of piperidine rings is 1. The van der Waals surface area contributed by atoms with Gasteiger partial charge in [0.25, 0.3) is 5.91 Å². The second-order valence-corrected chi connectivity index (χ2v) is 7.94. The van der Waals surface area contributed by atoms with Crippen LogP contribution in [0.15, 0.2) is 59.0 Å². The predicted molar refractivity (Wildman–Crippen MR) is 113 cm³/mol. The molecule has 1 amide bonds. The molecule has 1 aliphatic heterocycles. The van der Waals surface area contributed by atoms with Crippen LogP contribution in [0.4, 0.5) is 0 Å². The second-order valence-electron chi connectivity index (χ2n) is 7.94. The molecular weight excluding hydrogens is 378 g/mol. The summed E-state index contributed by atoms with van der Waals surface area (Å²) >= 11 is 0. The fourth-order valence-electron chi connectivity index (χ4n) is 3.76. The third kappa shape index (κ3) is 4.03. The summed E-state index contributed by atoms with van der Waals surface area (Å²) in [5, 5.41) is 8.31. The van der Waals surface area contributed by atoms with Gasteiger partial charge in [0.05, 0.1) is 5.56 Å². The average molecular weight is 403 g/mol. The molecule has 154 valence electrons. The summed E-state index contributed by atoms with van der Waals surface area (Å²) in [6, 6.07) is 16.1. The Labute approximate surface area is 175 Å². The SMILES string of the molecule is CC(C)c1nnc(C2CCN(C(=O)c3ccccc3C(=O)c3ccccc3)CC2)o1. The lowest BCUT2D eigenvalue weighted by molar-refractivity contribution is 0.0702. The first-order valence-electron chi connectivity index (χ1n) is 10.4. The summed E-state index contributed by atoms with van der Waals surface area (Å²) < 4.78 is 5.79. The van der Waals surface area contributed by atoms with Crippen LogP contribution in [0.5, 0.6) is 0 Å². The largest absolute Gasteiger partial charge is 0.425 e. The zero-order chi connectivity index (χ0) is 21.1. The molecule has 0 bridgehead atoms. The van der Waals surface area contributed by atoms with Gasteiger partial charge >= 0.3 is 0 Å². The van der Waals surface area contributed by atoms with Gasteiger partial charge in [0.2, 0.25) is 11.8 Å².